The number of aliphatic imine (C=N–C) groups is 1. The molecule has 1 aliphatic carbocycles. The van der Waals surface area contributed by atoms with E-state index < -0.39 is 0 Å². The van der Waals surface area contributed by atoms with Gasteiger partial charge < -0.3 is 20.1 Å². The lowest BCUT2D eigenvalue weighted by Gasteiger charge is -2.41. The minimum absolute atomic E-state index is 0.0996. The Balaban J connectivity index is 1.45. The summed E-state index contributed by atoms with van der Waals surface area (Å²) in [6, 6.07) is 27.2. The number of para-hydroxylation sites is 2. The fourth-order valence-electron chi connectivity index (χ4n) is 4.76. The molecule has 0 aromatic heterocycles. The molecule has 1 amide bonds. The van der Waals surface area contributed by atoms with Crippen molar-refractivity contribution in [3.63, 3.8) is 0 Å². The first kappa shape index (κ1) is 24.8. The third-order valence-corrected chi connectivity index (χ3v) is 6.70. The average Bonchev–Trinajstić information content (AvgIpc) is 2.94. The quantitative estimate of drug-likeness (QED) is 0.286. The van der Waals surface area contributed by atoms with E-state index in [-0.39, 0.29) is 23.4 Å². The zero-order valence-corrected chi connectivity index (χ0v) is 20.3. The standard InChI is InChI=1S/C29H30N4O3/c1-35-26-15-9-8-14-25(26)27(34)31-20-29(22-10-4-2-5-11-22)18-16-23(17-19-29)33-28(32-21-30)36-24-12-6-3-7-13-24/h2-15,23H,16-20H2,1H3,(H,31,34)(H,32,33)/t23-,29-. The summed E-state index contributed by atoms with van der Waals surface area (Å²) in [5, 5.41) is 15.6. The van der Waals surface area contributed by atoms with Gasteiger partial charge in [0.25, 0.3) is 5.91 Å². The van der Waals surface area contributed by atoms with Crippen LogP contribution in [0.5, 0.6) is 11.5 Å². The molecule has 0 aliphatic heterocycles. The van der Waals surface area contributed by atoms with Crippen molar-refractivity contribution >= 4 is 11.9 Å². The van der Waals surface area contributed by atoms with Gasteiger partial charge in [-0.1, -0.05) is 60.7 Å². The molecule has 7 heteroatoms. The van der Waals surface area contributed by atoms with Gasteiger partial charge in [-0.3, -0.25) is 4.79 Å². The Morgan fingerprint density at radius 2 is 1.64 bits per heavy atom. The van der Waals surface area contributed by atoms with Crippen molar-refractivity contribution in [3.05, 3.63) is 96.1 Å². The highest BCUT2D eigenvalue weighted by molar-refractivity contribution is 5.97. The minimum Gasteiger partial charge on any atom is -0.496 e. The Morgan fingerprint density at radius 1 is 1.00 bits per heavy atom. The van der Waals surface area contributed by atoms with Gasteiger partial charge in [0.05, 0.1) is 12.7 Å². The van der Waals surface area contributed by atoms with E-state index >= 15 is 0 Å². The Labute approximate surface area is 211 Å². The van der Waals surface area contributed by atoms with Crippen LogP contribution in [0.15, 0.2) is 89.9 Å². The number of nitrogens with zero attached hydrogens (tertiary/aromatic N) is 2. The SMILES string of the molecule is COc1ccccc1C(=O)NC[C@]1(c2ccccc2)CC[C@H](N/C(=N/C#N)Oc2ccccc2)CC1. The van der Waals surface area contributed by atoms with Crippen LogP contribution >= 0.6 is 0 Å². The van der Waals surface area contributed by atoms with E-state index in [9.17, 15) is 4.79 Å². The lowest BCUT2D eigenvalue weighted by atomic mass is 9.68. The van der Waals surface area contributed by atoms with E-state index in [1.165, 1.54) is 5.56 Å². The number of hydrogen-bond donors (Lipinski definition) is 2. The summed E-state index contributed by atoms with van der Waals surface area (Å²) in [5.74, 6) is 1.02. The molecule has 2 N–H and O–H groups in total. The van der Waals surface area contributed by atoms with E-state index in [0.717, 1.165) is 25.7 Å². The summed E-state index contributed by atoms with van der Waals surface area (Å²) in [6.07, 6.45) is 5.20. The summed E-state index contributed by atoms with van der Waals surface area (Å²) in [6.45, 7) is 0.514. The van der Waals surface area contributed by atoms with E-state index in [1.807, 2.05) is 66.9 Å². The predicted octanol–water partition coefficient (Wildman–Crippen LogP) is 4.81. The first-order valence-electron chi connectivity index (χ1n) is 12.1. The number of carbonyl (C=O) groups is 1. The smallest absolute Gasteiger partial charge is 0.305 e. The van der Waals surface area contributed by atoms with Crippen molar-refractivity contribution in [2.75, 3.05) is 13.7 Å². The van der Waals surface area contributed by atoms with Crippen molar-refractivity contribution in [3.8, 4) is 17.7 Å². The van der Waals surface area contributed by atoms with Crippen molar-refractivity contribution in [1.82, 2.24) is 10.6 Å². The molecule has 0 bridgehead atoms. The first-order valence-corrected chi connectivity index (χ1v) is 12.1. The number of rotatable bonds is 7. The van der Waals surface area contributed by atoms with Gasteiger partial charge in [0.2, 0.25) is 6.19 Å². The molecule has 0 heterocycles. The summed E-state index contributed by atoms with van der Waals surface area (Å²) in [7, 11) is 1.57. The van der Waals surface area contributed by atoms with Gasteiger partial charge in [0, 0.05) is 18.0 Å². The molecule has 4 rings (SSSR count). The molecule has 1 aliphatic rings. The highest BCUT2D eigenvalue weighted by atomic mass is 16.5. The molecule has 3 aromatic carbocycles. The highest BCUT2D eigenvalue weighted by Gasteiger charge is 2.37. The number of carbonyl (C=O) groups excluding carboxylic acids is 1. The van der Waals surface area contributed by atoms with E-state index in [4.69, 9.17) is 14.7 Å². The Hall–Kier alpha value is -4.31. The maximum Gasteiger partial charge on any atom is 0.305 e. The number of amidine groups is 1. The largest absolute Gasteiger partial charge is 0.496 e. The maximum absolute atomic E-state index is 13.0. The van der Waals surface area contributed by atoms with Gasteiger partial charge >= 0.3 is 6.02 Å². The summed E-state index contributed by atoms with van der Waals surface area (Å²) < 4.78 is 11.2. The lowest BCUT2D eigenvalue weighted by molar-refractivity contribution is 0.0932. The third kappa shape index (κ3) is 6.02. The Bertz CT molecular complexity index is 1210. The van der Waals surface area contributed by atoms with Crippen molar-refractivity contribution in [1.29, 1.82) is 5.26 Å². The second kappa shape index (κ2) is 11.9. The lowest BCUT2D eigenvalue weighted by Crippen LogP contribution is -2.48. The van der Waals surface area contributed by atoms with E-state index in [0.29, 0.717) is 23.6 Å². The van der Waals surface area contributed by atoms with Crippen LogP contribution in [0.2, 0.25) is 0 Å². The molecule has 0 radical (unpaired) electrons. The summed E-state index contributed by atoms with van der Waals surface area (Å²) in [4.78, 5) is 16.9. The fourth-order valence-corrected chi connectivity index (χ4v) is 4.76. The van der Waals surface area contributed by atoms with E-state index in [1.54, 1.807) is 19.2 Å². The van der Waals surface area contributed by atoms with Gasteiger partial charge in [0.1, 0.15) is 11.5 Å². The van der Waals surface area contributed by atoms with Crippen LogP contribution in [0.3, 0.4) is 0 Å². The summed E-state index contributed by atoms with van der Waals surface area (Å²) >= 11 is 0. The molecule has 0 atom stereocenters. The minimum atomic E-state index is -0.204. The van der Waals surface area contributed by atoms with Crippen LogP contribution in [0, 0.1) is 11.5 Å². The van der Waals surface area contributed by atoms with Crippen LogP contribution in [0.4, 0.5) is 0 Å². The van der Waals surface area contributed by atoms with Crippen LogP contribution in [-0.4, -0.2) is 31.6 Å². The third-order valence-electron chi connectivity index (χ3n) is 6.70. The summed E-state index contributed by atoms with van der Waals surface area (Å²) in [5.41, 5.74) is 1.52. The Morgan fingerprint density at radius 3 is 2.31 bits per heavy atom. The van der Waals surface area contributed by atoms with Gasteiger partial charge in [-0.2, -0.15) is 5.26 Å². The number of amides is 1. The number of nitriles is 1. The first-order chi connectivity index (χ1) is 17.6. The molecule has 1 saturated carbocycles. The van der Waals surface area contributed by atoms with Gasteiger partial charge in [-0.15, -0.1) is 4.99 Å². The van der Waals surface area contributed by atoms with Gasteiger partial charge in [0.15, 0.2) is 0 Å². The molecule has 0 unspecified atom stereocenters. The zero-order chi connectivity index (χ0) is 25.2. The number of benzene rings is 3. The second-order valence-corrected chi connectivity index (χ2v) is 8.88. The van der Waals surface area contributed by atoms with Crippen molar-refractivity contribution in [2.24, 2.45) is 4.99 Å². The monoisotopic (exact) mass is 482 g/mol. The molecule has 184 valence electrons. The molecule has 1 fully saturated rings. The van der Waals surface area contributed by atoms with Crippen molar-refractivity contribution < 1.29 is 14.3 Å². The molecule has 3 aromatic rings. The van der Waals surface area contributed by atoms with Gasteiger partial charge in [-0.25, -0.2) is 0 Å². The number of nitrogens with one attached hydrogen (secondary N) is 2. The van der Waals surface area contributed by atoms with Gasteiger partial charge in [-0.05, 0) is 55.5 Å². The van der Waals surface area contributed by atoms with Crippen LogP contribution in [-0.2, 0) is 5.41 Å². The fraction of sp³-hybridized carbons (Fsp3) is 0.276. The number of methoxy groups -OCH3 is 1. The average molecular weight is 483 g/mol. The van der Waals surface area contributed by atoms with Crippen LogP contribution < -0.4 is 20.1 Å². The van der Waals surface area contributed by atoms with Crippen LogP contribution in [0.1, 0.15) is 41.6 Å². The van der Waals surface area contributed by atoms with E-state index in [2.05, 4.69) is 27.8 Å². The predicted molar refractivity (Wildman–Crippen MR) is 139 cm³/mol. The molecule has 0 spiro atoms. The molecule has 36 heavy (non-hydrogen) atoms. The molecule has 7 nitrogen and oxygen atoms in total. The highest BCUT2D eigenvalue weighted by Crippen LogP contribution is 2.39. The number of hydrogen-bond acceptors (Lipinski definition) is 5. The normalized spacial score (nSPS) is 19.6. The van der Waals surface area contributed by atoms with Crippen molar-refractivity contribution in [2.45, 2.75) is 37.1 Å². The molecular weight excluding hydrogens is 452 g/mol. The molecular formula is C29H30N4O3. The Kier molecular flexibility index (Phi) is 8.20. The second-order valence-electron chi connectivity index (χ2n) is 8.88. The zero-order valence-electron chi connectivity index (χ0n) is 20.3. The number of ether oxygens (including phenoxy) is 2. The topological polar surface area (TPSA) is 95.7 Å². The molecule has 0 saturated heterocycles. The maximum atomic E-state index is 13.0. The van der Waals surface area contributed by atoms with Crippen LogP contribution in [0.25, 0.3) is 0 Å².